The van der Waals surface area contributed by atoms with Crippen molar-refractivity contribution in [3.63, 3.8) is 0 Å². The van der Waals surface area contributed by atoms with Gasteiger partial charge in [-0.05, 0) is 30.2 Å². The number of para-hydroxylation sites is 1. The van der Waals surface area contributed by atoms with Crippen molar-refractivity contribution in [3.05, 3.63) is 72.3 Å². The van der Waals surface area contributed by atoms with Gasteiger partial charge in [0.15, 0.2) is 0 Å². The number of phenols is 1. The second kappa shape index (κ2) is 6.91. The van der Waals surface area contributed by atoms with Gasteiger partial charge in [-0.3, -0.25) is 0 Å². The molecule has 0 aromatic heterocycles. The zero-order valence-electron chi connectivity index (χ0n) is 11.8. The molecule has 0 heterocycles. The standard InChI is InChI=1S/C16H16N2O3S/c1-2-7-13-8-6-9-14(16(13)19)12-17-18-22(20,21)15-10-4-3-5-11-15/h2-6,8-12,18-19H,1,7H2/b17-12-. The molecule has 0 aliphatic heterocycles. The minimum absolute atomic E-state index is 0.0602. The van der Waals surface area contributed by atoms with Gasteiger partial charge in [0.2, 0.25) is 0 Å². The summed E-state index contributed by atoms with van der Waals surface area (Å²) in [5, 5.41) is 13.8. The normalized spacial score (nSPS) is 11.5. The van der Waals surface area contributed by atoms with Crippen molar-refractivity contribution in [2.75, 3.05) is 0 Å². The van der Waals surface area contributed by atoms with Gasteiger partial charge in [-0.2, -0.15) is 13.5 Å². The van der Waals surface area contributed by atoms with Crippen LogP contribution in [0.4, 0.5) is 0 Å². The first-order valence-corrected chi connectivity index (χ1v) is 8.04. The summed E-state index contributed by atoms with van der Waals surface area (Å²) >= 11 is 0. The molecule has 2 rings (SSSR count). The van der Waals surface area contributed by atoms with E-state index in [4.69, 9.17) is 0 Å². The number of hydrazone groups is 1. The number of phenolic OH excluding ortho intramolecular Hbond substituents is 1. The van der Waals surface area contributed by atoms with Crippen molar-refractivity contribution >= 4 is 16.2 Å². The molecule has 5 nitrogen and oxygen atoms in total. The van der Waals surface area contributed by atoms with Crippen molar-refractivity contribution in [1.29, 1.82) is 0 Å². The first-order valence-electron chi connectivity index (χ1n) is 6.56. The van der Waals surface area contributed by atoms with Crippen LogP contribution in [0.5, 0.6) is 5.75 Å². The summed E-state index contributed by atoms with van der Waals surface area (Å²) in [4.78, 5) is 2.23. The highest BCUT2D eigenvalue weighted by molar-refractivity contribution is 7.89. The molecule has 2 aromatic rings. The summed E-state index contributed by atoms with van der Waals surface area (Å²) < 4.78 is 24.0. The molecular formula is C16H16N2O3S. The lowest BCUT2D eigenvalue weighted by molar-refractivity contribution is 0.469. The van der Waals surface area contributed by atoms with Gasteiger partial charge in [-0.1, -0.05) is 36.4 Å². The quantitative estimate of drug-likeness (QED) is 0.488. The van der Waals surface area contributed by atoms with Crippen LogP contribution in [0.2, 0.25) is 0 Å². The zero-order chi connectivity index (χ0) is 16.0. The molecule has 0 bridgehead atoms. The summed E-state index contributed by atoms with van der Waals surface area (Å²) in [7, 11) is -3.71. The second-order valence-corrected chi connectivity index (χ2v) is 6.17. The van der Waals surface area contributed by atoms with E-state index >= 15 is 0 Å². The van der Waals surface area contributed by atoms with E-state index in [0.717, 1.165) is 0 Å². The van der Waals surface area contributed by atoms with Gasteiger partial charge < -0.3 is 5.11 Å². The van der Waals surface area contributed by atoms with Gasteiger partial charge in [0.25, 0.3) is 10.0 Å². The van der Waals surface area contributed by atoms with Crippen LogP contribution in [0.1, 0.15) is 11.1 Å². The van der Waals surface area contributed by atoms with E-state index in [0.29, 0.717) is 17.5 Å². The Hall–Kier alpha value is -2.60. The number of benzene rings is 2. The minimum Gasteiger partial charge on any atom is -0.507 e. The Morgan fingerprint density at radius 3 is 2.55 bits per heavy atom. The van der Waals surface area contributed by atoms with Crippen molar-refractivity contribution in [2.24, 2.45) is 5.10 Å². The van der Waals surface area contributed by atoms with Crippen LogP contribution in [-0.2, 0) is 16.4 Å². The van der Waals surface area contributed by atoms with Gasteiger partial charge in [-0.15, -0.1) is 6.58 Å². The molecule has 0 radical (unpaired) electrons. The number of nitrogens with zero attached hydrogens (tertiary/aromatic N) is 1. The second-order valence-electron chi connectivity index (χ2n) is 4.51. The number of aromatic hydroxyl groups is 1. The van der Waals surface area contributed by atoms with Crippen LogP contribution in [0.25, 0.3) is 0 Å². The first kappa shape index (κ1) is 15.8. The summed E-state index contributed by atoms with van der Waals surface area (Å²) in [5.74, 6) is 0.0602. The lowest BCUT2D eigenvalue weighted by Gasteiger charge is -2.05. The smallest absolute Gasteiger partial charge is 0.276 e. The monoisotopic (exact) mass is 316 g/mol. The lowest BCUT2D eigenvalue weighted by atomic mass is 10.1. The van der Waals surface area contributed by atoms with E-state index in [2.05, 4.69) is 16.5 Å². The fourth-order valence-corrected chi connectivity index (χ4v) is 2.67. The topological polar surface area (TPSA) is 78.8 Å². The molecule has 0 amide bonds. The molecule has 0 aliphatic rings. The largest absolute Gasteiger partial charge is 0.507 e. The Morgan fingerprint density at radius 1 is 1.14 bits per heavy atom. The van der Waals surface area contributed by atoms with Crippen molar-refractivity contribution in [3.8, 4) is 5.75 Å². The van der Waals surface area contributed by atoms with Crippen molar-refractivity contribution in [1.82, 2.24) is 4.83 Å². The summed E-state index contributed by atoms with van der Waals surface area (Å²) in [6, 6.07) is 13.1. The molecular weight excluding hydrogens is 300 g/mol. The molecule has 2 N–H and O–H groups in total. The molecule has 6 heteroatoms. The maximum atomic E-state index is 12.0. The Balaban J connectivity index is 2.17. The Kier molecular flexibility index (Phi) is 4.95. The highest BCUT2D eigenvalue weighted by Crippen LogP contribution is 2.21. The molecule has 0 fully saturated rings. The zero-order valence-corrected chi connectivity index (χ0v) is 12.6. The lowest BCUT2D eigenvalue weighted by Crippen LogP contribution is -2.18. The predicted octanol–water partition coefficient (Wildman–Crippen LogP) is 2.43. The van der Waals surface area contributed by atoms with Crippen LogP contribution in [0.3, 0.4) is 0 Å². The van der Waals surface area contributed by atoms with Crippen LogP contribution >= 0.6 is 0 Å². The average Bonchev–Trinajstić information content (AvgIpc) is 2.52. The van der Waals surface area contributed by atoms with Crippen LogP contribution in [0, 0.1) is 0 Å². The van der Waals surface area contributed by atoms with Gasteiger partial charge in [-0.25, -0.2) is 4.83 Å². The molecule has 2 aromatic carbocycles. The fraction of sp³-hybridized carbons (Fsp3) is 0.0625. The van der Waals surface area contributed by atoms with Crippen molar-refractivity contribution < 1.29 is 13.5 Å². The highest BCUT2D eigenvalue weighted by Gasteiger charge is 2.11. The number of sulfonamides is 1. The third-order valence-electron chi connectivity index (χ3n) is 2.95. The third-order valence-corrected chi connectivity index (χ3v) is 4.18. The molecule has 0 atom stereocenters. The summed E-state index contributed by atoms with van der Waals surface area (Å²) in [5.41, 5.74) is 1.12. The van der Waals surface area contributed by atoms with Crippen LogP contribution < -0.4 is 4.83 Å². The van der Waals surface area contributed by atoms with Gasteiger partial charge in [0, 0.05) is 5.56 Å². The number of rotatable bonds is 6. The predicted molar refractivity (Wildman–Crippen MR) is 86.4 cm³/mol. The first-order chi connectivity index (χ1) is 10.5. The van der Waals surface area contributed by atoms with E-state index in [9.17, 15) is 13.5 Å². The van der Waals surface area contributed by atoms with Gasteiger partial charge in [0.05, 0.1) is 11.1 Å². The Morgan fingerprint density at radius 2 is 1.86 bits per heavy atom. The molecule has 0 unspecified atom stereocenters. The summed E-state index contributed by atoms with van der Waals surface area (Å²) in [6.45, 7) is 3.62. The van der Waals surface area contributed by atoms with E-state index < -0.39 is 10.0 Å². The third kappa shape index (κ3) is 3.73. The van der Waals surface area contributed by atoms with E-state index in [1.54, 1.807) is 42.5 Å². The number of hydrogen-bond acceptors (Lipinski definition) is 4. The fourth-order valence-electron chi connectivity index (χ4n) is 1.85. The molecule has 0 saturated heterocycles. The van der Waals surface area contributed by atoms with Gasteiger partial charge >= 0.3 is 0 Å². The van der Waals surface area contributed by atoms with E-state index in [1.807, 2.05) is 0 Å². The molecule has 0 aliphatic carbocycles. The minimum atomic E-state index is -3.71. The molecule has 114 valence electrons. The maximum absolute atomic E-state index is 12.0. The molecule has 22 heavy (non-hydrogen) atoms. The number of hydrogen-bond donors (Lipinski definition) is 2. The molecule has 0 saturated carbocycles. The highest BCUT2D eigenvalue weighted by atomic mass is 32.2. The van der Waals surface area contributed by atoms with E-state index in [1.165, 1.54) is 18.3 Å². The Labute approximate surface area is 129 Å². The average molecular weight is 316 g/mol. The Bertz CT molecular complexity index is 784. The molecule has 0 spiro atoms. The number of allylic oxidation sites excluding steroid dienone is 1. The number of nitrogens with one attached hydrogen (secondary N) is 1. The van der Waals surface area contributed by atoms with Crippen LogP contribution in [-0.4, -0.2) is 19.7 Å². The maximum Gasteiger partial charge on any atom is 0.276 e. The SMILES string of the molecule is C=CCc1cccc(/C=N\NS(=O)(=O)c2ccccc2)c1O. The van der Waals surface area contributed by atoms with Gasteiger partial charge in [0.1, 0.15) is 5.75 Å². The van der Waals surface area contributed by atoms with Crippen LogP contribution in [0.15, 0.2) is 71.2 Å². The van der Waals surface area contributed by atoms with Crippen molar-refractivity contribution in [2.45, 2.75) is 11.3 Å². The van der Waals surface area contributed by atoms with E-state index in [-0.39, 0.29) is 10.6 Å². The summed E-state index contributed by atoms with van der Waals surface area (Å²) in [6.07, 6.45) is 3.46.